The molecule has 1 saturated heterocycles. The van der Waals surface area contributed by atoms with E-state index >= 15 is 4.39 Å². The van der Waals surface area contributed by atoms with Crippen LogP contribution in [-0.2, 0) is 35.5 Å². The van der Waals surface area contributed by atoms with E-state index in [1.54, 1.807) is 6.07 Å². The molecule has 6 heteroatoms. The molecular formula is C29H34FNO4. The van der Waals surface area contributed by atoms with Gasteiger partial charge in [-0.15, -0.1) is 0 Å². The molecule has 1 heterocycles. The van der Waals surface area contributed by atoms with Crippen LogP contribution in [0.4, 0.5) is 4.39 Å². The average Bonchev–Trinajstić information content (AvgIpc) is 2.88. The molecule has 186 valence electrons. The molecule has 5 nitrogen and oxygen atoms in total. The highest BCUT2D eigenvalue weighted by Crippen LogP contribution is 2.30. The molecule has 0 atom stereocenters. The van der Waals surface area contributed by atoms with Crippen LogP contribution in [0.25, 0.3) is 11.1 Å². The number of carboxylic acid groups (broad SMARTS) is 1. The molecule has 1 fully saturated rings. The number of nitrogens with two attached hydrogens (primary N) is 1. The molecule has 0 radical (unpaired) electrons. The molecule has 0 spiro atoms. The Hall–Kier alpha value is -3.22. The third-order valence-corrected chi connectivity index (χ3v) is 6.28. The van der Waals surface area contributed by atoms with Crippen LogP contribution in [0.1, 0.15) is 42.0 Å². The van der Waals surface area contributed by atoms with Crippen LogP contribution >= 0.6 is 0 Å². The van der Waals surface area contributed by atoms with Crippen molar-refractivity contribution >= 4 is 6.47 Å². The summed E-state index contributed by atoms with van der Waals surface area (Å²) >= 11 is 0. The van der Waals surface area contributed by atoms with Crippen molar-refractivity contribution in [3.63, 3.8) is 0 Å². The summed E-state index contributed by atoms with van der Waals surface area (Å²) in [6.45, 7) is 4.15. The highest BCUT2D eigenvalue weighted by molar-refractivity contribution is 5.67. The van der Waals surface area contributed by atoms with Gasteiger partial charge in [0.1, 0.15) is 18.2 Å². The Kier molecular flexibility index (Phi) is 10.3. The number of para-hydroxylation sites is 1. The molecule has 3 N–H and O–H groups in total. The lowest BCUT2D eigenvalue weighted by molar-refractivity contribution is -0.122. The standard InChI is InChI=1S/C28H32FNO2.CH2O2/c1-2-23-6-3-4-9-27(23)32-19-22-15-21(14-20-10-12-31-13-11-20)16-25(17-22)26-8-5-7-24(18-30)28(26)29;2-1-3/h3-9,15-17,20H,2,10-14,18-19,30H2,1H3;1H,(H,2,3). The fraction of sp³-hybridized carbons (Fsp3) is 0.345. The number of ether oxygens (including phenoxy) is 2. The van der Waals surface area contributed by atoms with Crippen molar-refractivity contribution in [3.8, 4) is 16.9 Å². The van der Waals surface area contributed by atoms with Crippen molar-refractivity contribution in [2.45, 2.75) is 45.8 Å². The van der Waals surface area contributed by atoms with E-state index in [4.69, 9.17) is 25.1 Å². The Bertz CT molecular complexity index is 1100. The third kappa shape index (κ3) is 7.38. The van der Waals surface area contributed by atoms with Gasteiger partial charge < -0.3 is 20.3 Å². The van der Waals surface area contributed by atoms with E-state index in [1.807, 2.05) is 36.4 Å². The van der Waals surface area contributed by atoms with Gasteiger partial charge in [-0.1, -0.05) is 55.5 Å². The maximum absolute atomic E-state index is 15.1. The summed E-state index contributed by atoms with van der Waals surface area (Å²) in [6.07, 6.45) is 4.02. The van der Waals surface area contributed by atoms with Crippen molar-refractivity contribution in [2.75, 3.05) is 13.2 Å². The molecule has 0 unspecified atom stereocenters. The molecule has 3 aromatic rings. The van der Waals surface area contributed by atoms with Gasteiger partial charge in [-0.05, 0) is 66.0 Å². The zero-order chi connectivity index (χ0) is 25.0. The van der Waals surface area contributed by atoms with Gasteiger partial charge in [0.05, 0.1) is 0 Å². The lowest BCUT2D eigenvalue weighted by Crippen LogP contribution is -2.17. The van der Waals surface area contributed by atoms with Gasteiger partial charge in [0.2, 0.25) is 0 Å². The van der Waals surface area contributed by atoms with Crippen LogP contribution in [0.3, 0.4) is 0 Å². The number of benzene rings is 3. The largest absolute Gasteiger partial charge is 0.489 e. The van der Waals surface area contributed by atoms with E-state index in [9.17, 15) is 0 Å². The second-order valence-electron chi connectivity index (χ2n) is 8.64. The molecule has 1 aliphatic rings. The smallest absolute Gasteiger partial charge is 0.290 e. The fourth-order valence-corrected chi connectivity index (χ4v) is 4.46. The summed E-state index contributed by atoms with van der Waals surface area (Å²) in [4.78, 5) is 8.36. The number of hydrogen-bond acceptors (Lipinski definition) is 4. The van der Waals surface area contributed by atoms with E-state index in [-0.39, 0.29) is 18.8 Å². The van der Waals surface area contributed by atoms with Crippen LogP contribution in [-0.4, -0.2) is 24.8 Å². The number of aryl methyl sites for hydroxylation is 1. The van der Waals surface area contributed by atoms with E-state index in [0.29, 0.717) is 23.7 Å². The van der Waals surface area contributed by atoms with Crippen molar-refractivity contribution in [1.82, 2.24) is 0 Å². The molecule has 35 heavy (non-hydrogen) atoms. The Morgan fingerprint density at radius 3 is 2.46 bits per heavy atom. The van der Waals surface area contributed by atoms with Gasteiger partial charge in [0.25, 0.3) is 6.47 Å². The van der Waals surface area contributed by atoms with Gasteiger partial charge >= 0.3 is 0 Å². The molecule has 0 aromatic heterocycles. The maximum atomic E-state index is 15.1. The van der Waals surface area contributed by atoms with Crippen LogP contribution in [0, 0.1) is 11.7 Å². The summed E-state index contributed by atoms with van der Waals surface area (Å²) < 4.78 is 26.8. The molecule has 0 aliphatic carbocycles. The van der Waals surface area contributed by atoms with Crippen molar-refractivity contribution in [2.24, 2.45) is 11.7 Å². The normalized spacial score (nSPS) is 13.6. The van der Waals surface area contributed by atoms with Crippen molar-refractivity contribution < 1.29 is 23.8 Å². The van der Waals surface area contributed by atoms with Crippen LogP contribution in [0.5, 0.6) is 5.75 Å². The van der Waals surface area contributed by atoms with Gasteiger partial charge in [-0.2, -0.15) is 0 Å². The number of carbonyl (C=O) groups is 1. The summed E-state index contributed by atoms with van der Waals surface area (Å²) in [5.74, 6) is 1.26. The SMILES string of the molecule is CCc1ccccc1OCc1cc(CC2CCOCC2)cc(-c2cccc(CN)c2F)c1.O=CO. The first kappa shape index (κ1) is 26.4. The first-order chi connectivity index (χ1) is 17.1. The van der Waals surface area contributed by atoms with Crippen molar-refractivity contribution in [1.29, 1.82) is 0 Å². The highest BCUT2D eigenvalue weighted by atomic mass is 19.1. The summed E-state index contributed by atoms with van der Waals surface area (Å²) in [5.41, 5.74) is 11.2. The summed E-state index contributed by atoms with van der Waals surface area (Å²) in [5, 5.41) is 6.89. The van der Waals surface area contributed by atoms with Gasteiger partial charge in [-0.25, -0.2) is 4.39 Å². The topological polar surface area (TPSA) is 81.8 Å². The van der Waals surface area contributed by atoms with Crippen LogP contribution in [0.15, 0.2) is 60.7 Å². The summed E-state index contributed by atoms with van der Waals surface area (Å²) in [7, 11) is 0. The molecule has 4 rings (SSSR count). The number of hydrogen-bond donors (Lipinski definition) is 2. The van der Waals surface area contributed by atoms with E-state index in [2.05, 4.69) is 25.1 Å². The maximum Gasteiger partial charge on any atom is 0.290 e. The van der Waals surface area contributed by atoms with Crippen LogP contribution < -0.4 is 10.5 Å². The summed E-state index contributed by atoms with van der Waals surface area (Å²) in [6, 6.07) is 20.0. The molecule has 3 aromatic carbocycles. The second kappa shape index (κ2) is 13.6. The van der Waals surface area contributed by atoms with Gasteiger partial charge in [-0.3, -0.25) is 4.79 Å². The molecular weight excluding hydrogens is 445 g/mol. The number of halogens is 1. The van der Waals surface area contributed by atoms with Crippen molar-refractivity contribution in [3.05, 3.63) is 88.7 Å². The molecule has 0 bridgehead atoms. The second-order valence-corrected chi connectivity index (χ2v) is 8.64. The predicted molar refractivity (Wildman–Crippen MR) is 136 cm³/mol. The van der Waals surface area contributed by atoms with E-state index in [1.165, 1.54) is 11.1 Å². The molecule has 0 saturated carbocycles. The fourth-order valence-electron chi connectivity index (χ4n) is 4.46. The highest BCUT2D eigenvalue weighted by Gasteiger charge is 2.17. The predicted octanol–water partition coefficient (Wildman–Crippen LogP) is 5.76. The van der Waals surface area contributed by atoms with E-state index < -0.39 is 0 Å². The molecule has 0 amide bonds. The first-order valence-electron chi connectivity index (χ1n) is 12.1. The zero-order valence-electron chi connectivity index (χ0n) is 20.2. The van der Waals surface area contributed by atoms with Gasteiger partial charge in [0, 0.05) is 30.9 Å². The third-order valence-electron chi connectivity index (χ3n) is 6.28. The Morgan fingerprint density at radius 1 is 1.06 bits per heavy atom. The minimum atomic E-state index is -0.250. The average molecular weight is 480 g/mol. The van der Waals surface area contributed by atoms with Crippen LogP contribution in [0.2, 0.25) is 0 Å². The van der Waals surface area contributed by atoms with E-state index in [0.717, 1.165) is 55.8 Å². The lowest BCUT2D eigenvalue weighted by Gasteiger charge is -2.22. The van der Waals surface area contributed by atoms with Gasteiger partial charge in [0.15, 0.2) is 0 Å². The lowest BCUT2D eigenvalue weighted by atomic mass is 9.89. The quantitative estimate of drug-likeness (QED) is 0.401. The number of rotatable bonds is 8. The Balaban J connectivity index is 0.00000108. The minimum absolute atomic E-state index is 0.186. The molecule has 1 aliphatic heterocycles. The monoisotopic (exact) mass is 479 g/mol. The zero-order valence-corrected chi connectivity index (χ0v) is 20.2. The minimum Gasteiger partial charge on any atom is -0.489 e. The Labute approximate surface area is 206 Å². The Morgan fingerprint density at radius 2 is 1.74 bits per heavy atom. The first-order valence-corrected chi connectivity index (χ1v) is 12.1.